The Morgan fingerprint density at radius 3 is 2.29 bits per heavy atom. The molecular formula is C17H20ClNOS. The Morgan fingerprint density at radius 2 is 1.71 bits per heavy atom. The Morgan fingerprint density at radius 1 is 1.10 bits per heavy atom. The molecule has 0 aliphatic rings. The van der Waals surface area contributed by atoms with Crippen molar-refractivity contribution >= 4 is 23.0 Å². The summed E-state index contributed by atoms with van der Waals surface area (Å²) in [6.07, 6.45) is 0. The maximum absolute atomic E-state index is 11.8. The van der Waals surface area contributed by atoms with E-state index in [1.807, 2.05) is 63.2 Å². The van der Waals surface area contributed by atoms with Gasteiger partial charge in [-0.2, -0.15) is 5.14 Å². The van der Waals surface area contributed by atoms with Gasteiger partial charge in [-0.05, 0) is 42.7 Å². The largest absolute Gasteiger partial charge is 0.598 e. The Kier molecular flexibility index (Phi) is 4.99. The van der Waals surface area contributed by atoms with Gasteiger partial charge in [-0.25, -0.2) is 0 Å². The maximum atomic E-state index is 11.8. The van der Waals surface area contributed by atoms with E-state index in [4.69, 9.17) is 16.7 Å². The summed E-state index contributed by atoms with van der Waals surface area (Å²) in [4.78, 5) is 0. The highest BCUT2D eigenvalue weighted by atomic mass is 35.5. The second-order valence-corrected chi connectivity index (χ2v) is 7.85. The lowest BCUT2D eigenvalue weighted by atomic mass is 9.88. The molecule has 2 N–H and O–H groups in total. The van der Waals surface area contributed by atoms with Crippen LogP contribution in [-0.2, 0) is 11.4 Å². The third kappa shape index (κ3) is 3.61. The summed E-state index contributed by atoms with van der Waals surface area (Å²) in [5.41, 5.74) is 3.22. The molecule has 0 spiro atoms. The van der Waals surface area contributed by atoms with Gasteiger partial charge in [0.2, 0.25) is 0 Å². The normalized spacial score (nSPS) is 14.8. The van der Waals surface area contributed by atoms with E-state index in [1.54, 1.807) is 0 Å². The van der Waals surface area contributed by atoms with Crippen molar-refractivity contribution in [3.63, 3.8) is 0 Å². The van der Waals surface area contributed by atoms with Crippen molar-refractivity contribution in [1.29, 1.82) is 0 Å². The Bertz CT molecular complexity index is 613. The number of rotatable bonds is 4. The van der Waals surface area contributed by atoms with E-state index in [9.17, 15) is 4.55 Å². The molecule has 0 saturated carbocycles. The number of halogens is 1. The van der Waals surface area contributed by atoms with E-state index >= 15 is 0 Å². The van der Waals surface area contributed by atoms with Gasteiger partial charge < -0.3 is 4.55 Å². The Hall–Kier alpha value is -1.00. The van der Waals surface area contributed by atoms with Crippen LogP contribution in [0.1, 0.15) is 32.3 Å². The van der Waals surface area contributed by atoms with E-state index in [0.29, 0.717) is 5.02 Å². The van der Waals surface area contributed by atoms with Gasteiger partial charge in [0.25, 0.3) is 0 Å². The molecule has 0 heterocycles. The number of benzene rings is 2. The summed E-state index contributed by atoms with van der Waals surface area (Å²) in [6, 6.07) is 16.0. The van der Waals surface area contributed by atoms with Crippen LogP contribution in [0.4, 0.5) is 0 Å². The molecule has 112 valence electrons. The maximum Gasteiger partial charge on any atom is 0.145 e. The first-order valence-corrected chi connectivity index (χ1v) is 8.43. The van der Waals surface area contributed by atoms with Crippen LogP contribution in [0.5, 0.6) is 0 Å². The number of nitrogens with two attached hydrogens (primary N) is 1. The van der Waals surface area contributed by atoms with E-state index in [2.05, 4.69) is 6.07 Å². The molecule has 0 aromatic heterocycles. The lowest BCUT2D eigenvalue weighted by Crippen LogP contribution is -2.42. The average Bonchev–Trinajstić information content (AvgIpc) is 2.46. The highest BCUT2D eigenvalue weighted by Gasteiger charge is 2.37. The van der Waals surface area contributed by atoms with Crippen molar-refractivity contribution < 1.29 is 4.55 Å². The van der Waals surface area contributed by atoms with E-state index in [1.165, 1.54) is 0 Å². The van der Waals surface area contributed by atoms with Crippen LogP contribution < -0.4 is 5.14 Å². The molecule has 2 atom stereocenters. The molecule has 0 radical (unpaired) electrons. The average molecular weight is 322 g/mol. The summed E-state index contributed by atoms with van der Waals surface area (Å²) < 4.78 is 11.3. The number of hydrogen-bond acceptors (Lipinski definition) is 2. The third-order valence-electron chi connectivity index (χ3n) is 4.09. The molecule has 21 heavy (non-hydrogen) atoms. The second-order valence-electron chi connectivity index (χ2n) is 5.76. The summed E-state index contributed by atoms with van der Waals surface area (Å²) in [7, 11) is 0. The lowest BCUT2D eigenvalue weighted by molar-refractivity contribution is 0.504. The lowest BCUT2D eigenvalue weighted by Gasteiger charge is -2.31. The van der Waals surface area contributed by atoms with Crippen molar-refractivity contribution in [1.82, 2.24) is 0 Å². The molecule has 0 aliphatic carbocycles. The minimum Gasteiger partial charge on any atom is -0.598 e. The van der Waals surface area contributed by atoms with Crippen molar-refractivity contribution in [2.75, 3.05) is 0 Å². The fourth-order valence-corrected chi connectivity index (χ4v) is 2.96. The third-order valence-corrected chi connectivity index (χ3v) is 5.70. The zero-order chi connectivity index (χ0) is 15.6. The van der Waals surface area contributed by atoms with Crippen LogP contribution in [0, 0.1) is 0 Å². The monoisotopic (exact) mass is 321 g/mol. The van der Waals surface area contributed by atoms with Gasteiger partial charge in [-0.3, -0.25) is 0 Å². The van der Waals surface area contributed by atoms with Crippen molar-refractivity contribution in [2.45, 2.75) is 31.4 Å². The smallest absolute Gasteiger partial charge is 0.145 e. The second kappa shape index (κ2) is 6.41. The van der Waals surface area contributed by atoms with Gasteiger partial charge in [-0.1, -0.05) is 54.9 Å². The van der Waals surface area contributed by atoms with Gasteiger partial charge in [0, 0.05) is 22.3 Å². The van der Waals surface area contributed by atoms with E-state index in [-0.39, 0.29) is 5.92 Å². The predicted octanol–water partition coefficient (Wildman–Crippen LogP) is 4.51. The Balaban J connectivity index is 2.45. The molecule has 0 saturated heterocycles. The van der Waals surface area contributed by atoms with Gasteiger partial charge in [0.15, 0.2) is 0 Å². The first-order chi connectivity index (χ1) is 9.82. The topological polar surface area (TPSA) is 49.1 Å². The molecule has 0 bridgehead atoms. The van der Waals surface area contributed by atoms with Crippen LogP contribution in [0.2, 0.25) is 5.02 Å². The SMILES string of the molecule is CC(c1cc(Cl)cc(-c2ccccc2)c1)C(C)(C)[S+](N)[O-]. The standard InChI is InChI=1S/C17H20ClNOS/c1-12(17(2,3)21(19)20)14-9-15(11-16(18)10-14)13-7-5-4-6-8-13/h4-12H,19H2,1-3H3. The minimum absolute atomic E-state index is 0.0319. The summed E-state index contributed by atoms with van der Waals surface area (Å²) in [6.45, 7) is 5.86. The van der Waals surface area contributed by atoms with Crippen LogP contribution in [0.3, 0.4) is 0 Å². The summed E-state index contributed by atoms with van der Waals surface area (Å²) in [5, 5.41) is 6.31. The molecular weight excluding hydrogens is 302 g/mol. The molecule has 0 fully saturated rings. The van der Waals surface area contributed by atoms with Crippen molar-refractivity contribution in [3.05, 3.63) is 59.1 Å². The van der Waals surface area contributed by atoms with Gasteiger partial charge >= 0.3 is 0 Å². The molecule has 2 rings (SSSR count). The van der Waals surface area contributed by atoms with Crippen LogP contribution in [-0.4, -0.2) is 9.30 Å². The highest BCUT2D eigenvalue weighted by Crippen LogP contribution is 2.36. The van der Waals surface area contributed by atoms with Gasteiger partial charge in [0.1, 0.15) is 4.75 Å². The first-order valence-electron chi connectivity index (χ1n) is 6.84. The van der Waals surface area contributed by atoms with Gasteiger partial charge in [-0.15, -0.1) is 0 Å². The molecule has 0 aliphatic heterocycles. The van der Waals surface area contributed by atoms with Gasteiger partial charge in [0.05, 0.1) is 0 Å². The van der Waals surface area contributed by atoms with Crippen LogP contribution in [0.15, 0.2) is 48.5 Å². The van der Waals surface area contributed by atoms with E-state index in [0.717, 1.165) is 16.7 Å². The minimum atomic E-state index is -1.41. The predicted molar refractivity (Wildman–Crippen MR) is 91.7 cm³/mol. The highest BCUT2D eigenvalue weighted by molar-refractivity contribution is 7.90. The van der Waals surface area contributed by atoms with Crippen LogP contribution >= 0.6 is 11.6 Å². The molecule has 2 aromatic rings. The fraction of sp³-hybridized carbons (Fsp3) is 0.294. The molecule has 0 amide bonds. The number of hydrogen-bond donors (Lipinski definition) is 1. The fourth-order valence-electron chi connectivity index (χ4n) is 2.24. The van der Waals surface area contributed by atoms with Crippen LogP contribution in [0.25, 0.3) is 11.1 Å². The molecule has 2 nitrogen and oxygen atoms in total. The van der Waals surface area contributed by atoms with Crippen molar-refractivity contribution in [3.8, 4) is 11.1 Å². The Labute approximate surface area is 134 Å². The molecule has 2 unspecified atom stereocenters. The molecule has 2 aromatic carbocycles. The van der Waals surface area contributed by atoms with Crippen molar-refractivity contribution in [2.24, 2.45) is 5.14 Å². The zero-order valence-electron chi connectivity index (χ0n) is 12.5. The summed E-state index contributed by atoms with van der Waals surface area (Å²) in [5.74, 6) is 0.0319. The van der Waals surface area contributed by atoms with E-state index < -0.39 is 16.1 Å². The quantitative estimate of drug-likeness (QED) is 0.842. The molecule has 4 heteroatoms. The summed E-state index contributed by atoms with van der Waals surface area (Å²) >= 11 is 4.86. The first kappa shape index (κ1) is 16.4. The zero-order valence-corrected chi connectivity index (χ0v) is 14.0.